The Morgan fingerprint density at radius 3 is 2.74 bits per heavy atom. The second kappa shape index (κ2) is 5.58. The molecule has 0 saturated carbocycles. The van der Waals surface area contributed by atoms with E-state index in [0.29, 0.717) is 13.1 Å². The maximum absolute atomic E-state index is 12.4. The van der Waals surface area contributed by atoms with Crippen LogP contribution in [0.1, 0.15) is 21.4 Å². The lowest BCUT2D eigenvalue weighted by atomic mass is 10.1. The highest BCUT2D eigenvalue weighted by molar-refractivity contribution is 7.11. The lowest BCUT2D eigenvalue weighted by Gasteiger charge is -2.38. The topological polar surface area (TPSA) is 63.9 Å². The lowest BCUT2D eigenvalue weighted by molar-refractivity contribution is 0.0502. The summed E-state index contributed by atoms with van der Waals surface area (Å²) in [5, 5.41) is 8.43. The highest BCUT2D eigenvalue weighted by atomic mass is 32.1. The Bertz CT molecular complexity index is 835. The number of likely N-dealkylation sites (tertiary alicyclic amines) is 1. The molecule has 1 amide bonds. The van der Waals surface area contributed by atoms with Gasteiger partial charge >= 0.3 is 0 Å². The zero-order valence-electron chi connectivity index (χ0n) is 12.6. The fraction of sp³-hybridized carbons (Fsp3) is 0.250. The van der Waals surface area contributed by atoms with Crippen molar-refractivity contribution in [1.82, 2.24) is 24.9 Å². The first-order chi connectivity index (χ1) is 11.2. The normalized spacial score (nSPS) is 14.7. The second-order valence-corrected chi connectivity index (χ2v) is 6.44. The summed E-state index contributed by atoms with van der Waals surface area (Å²) in [6.45, 7) is 3.19. The zero-order chi connectivity index (χ0) is 15.8. The van der Waals surface area contributed by atoms with Gasteiger partial charge in [0.05, 0.1) is 23.4 Å². The molecule has 1 aliphatic rings. The van der Waals surface area contributed by atoms with Crippen LogP contribution in [0.5, 0.6) is 0 Å². The van der Waals surface area contributed by atoms with Crippen molar-refractivity contribution in [2.45, 2.75) is 13.0 Å². The molecule has 7 heteroatoms. The van der Waals surface area contributed by atoms with E-state index >= 15 is 0 Å². The van der Waals surface area contributed by atoms with Crippen molar-refractivity contribution < 1.29 is 4.79 Å². The van der Waals surface area contributed by atoms with Crippen LogP contribution >= 0.6 is 11.3 Å². The van der Waals surface area contributed by atoms with E-state index in [1.54, 1.807) is 5.51 Å². The molecule has 0 N–H and O–H groups in total. The summed E-state index contributed by atoms with van der Waals surface area (Å²) in [5.41, 5.74) is 4.42. The standard InChI is InChI=1S/C16H15N5OS/c1-11-15(23-10-17-11)16(22)20-7-13(8-20)21-9-14(18-19-21)12-5-3-2-4-6-12/h2-6,9-10,13H,7-8H2,1H3. The number of aromatic nitrogens is 4. The van der Waals surface area contributed by atoms with Gasteiger partial charge in [-0.3, -0.25) is 4.79 Å². The van der Waals surface area contributed by atoms with Crippen LogP contribution in [0, 0.1) is 6.92 Å². The summed E-state index contributed by atoms with van der Waals surface area (Å²) in [7, 11) is 0. The molecular weight excluding hydrogens is 310 g/mol. The van der Waals surface area contributed by atoms with Crippen molar-refractivity contribution >= 4 is 17.2 Å². The van der Waals surface area contributed by atoms with Gasteiger partial charge in [0.15, 0.2) is 0 Å². The molecule has 116 valence electrons. The van der Waals surface area contributed by atoms with Gasteiger partial charge in [0.25, 0.3) is 5.91 Å². The van der Waals surface area contributed by atoms with Gasteiger partial charge in [-0.15, -0.1) is 16.4 Å². The Kier molecular flexibility index (Phi) is 3.42. The van der Waals surface area contributed by atoms with Crippen molar-refractivity contribution in [3.63, 3.8) is 0 Å². The Hall–Kier alpha value is -2.54. The number of carbonyl (C=O) groups is 1. The van der Waals surface area contributed by atoms with Gasteiger partial charge in [-0.1, -0.05) is 35.5 Å². The molecule has 1 aliphatic heterocycles. The molecule has 0 radical (unpaired) electrons. The van der Waals surface area contributed by atoms with E-state index in [1.165, 1.54) is 11.3 Å². The summed E-state index contributed by atoms with van der Waals surface area (Å²) in [4.78, 5) is 19.1. The fourth-order valence-corrected chi connectivity index (χ4v) is 3.41. The Morgan fingerprint density at radius 2 is 2.04 bits per heavy atom. The van der Waals surface area contributed by atoms with Gasteiger partial charge in [-0.25, -0.2) is 9.67 Å². The van der Waals surface area contributed by atoms with Crippen molar-refractivity contribution in [2.24, 2.45) is 0 Å². The van der Waals surface area contributed by atoms with Crippen LogP contribution in [0.2, 0.25) is 0 Å². The van der Waals surface area contributed by atoms with E-state index in [4.69, 9.17) is 0 Å². The van der Waals surface area contributed by atoms with Crippen LogP contribution in [-0.4, -0.2) is 43.9 Å². The van der Waals surface area contributed by atoms with Gasteiger partial charge in [0.1, 0.15) is 10.6 Å². The zero-order valence-corrected chi connectivity index (χ0v) is 13.4. The van der Waals surface area contributed by atoms with E-state index in [0.717, 1.165) is 21.8 Å². The molecule has 0 aliphatic carbocycles. The monoisotopic (exact) mass is 325 g/mol. The first-order valence-corrected chi connectivity index (χ1v) is 8.27. The number of amides is 1. The minimum atomic E-state index is 0.0599. The Balaban J connectivity index is 1.44. The molecule has 1 saturated heterocycles. The van der Waals surface area contributed by atoms with Crippen LogP contribution in [0.4, 0.5) is 0 Å². The quantitative estimate of drug-likeness (QED) is 0.742. The van der Waals surface area contributed by atoms with Crippen LogP contribution in [0.15, 0.2) is 42.0 Å². The number of hydrogen-bond donors (Lipinski definition) is 0. The summed E-state index contributed by atoms with van der Waals surface area (Å²) < 4.78 is 1.85. The Morgan fingerprint density at radius 1 is 1.26 bits per heavy atom. The van der Waals surface area contributed by atoms with Crippen molar-refractivity contribution in [2.75, 3.05) is 13.1 Å². The highest BCUT2D eigenvalue weighted by Crippen LogP contribution is 2.26. The van der Waals surface area contributed by atoms with Gasteiger partial charge in [0.2, 0.25) is 0 Å². The fourth-order valence-electron chi connectivity index (χ4n) is 2.64. The number of rotatable bonds is 3. The number of thiazole rings is 1. The molecule has 0 atom stereocenters. The van der Waals surface area contributed by atoms with Crippen LogP contribution < -0.4 is 0 Å². The van der Waals surface area contributed by atoms with Crippen LogP contribution in [-0.2, 0) is 0 Å². The molecule has 0 bridgehead atoms. The predicted molar refractivity (Wildman–Crippen MR) is 87.2 cm³/mol. The first-order valence-electron chi connectivity index (χ1n) is 7.39. The first kappa shape index (κ1) is 14.1. The van der Waals surface area contributed by atoms with Crippen molar-refractivity contribution in [3.05, 3.63) is 52.6 Å². The van der Waals surface area contributed by atoms with Gasteiger partial charge in [-0.05, 0) is 6.92 Å². The minimum Gasteiger partial charge on any atom is -0.333 e. The number of nitrogens with zero attached hydrogens (tertiary/aromatic N) is 5. The Labute approximate surface area is 137 Å². The average Bonchev–Trinajstić information content (AvgIpc) is 3.16. The number of hydrogen-bond acceptors (Lipinski definition) is 5. The van der Waals surface area contributed by atoms with Gasteiger partial charge < -0.3 is 4.90 Å². The largest absolute Gasteiger partial charge is 0.333 e. The van der Waals surface area contributed by atoms with E-state index in [-0.39, 0.29) is 11.9 Å². The van der Waals surface area contributed by atoms with E-state index < -0.39 is 0 Å². The van der Waals surface area contributed by atoms with Crippen molar-refractivity contribution in [3.8, 4) is 11.3 Å². The van der Waals surface area contributed by atoms with Crippen LogP contribution in [0.3, 0.4) is 0 Å². The predicted octanol–water partition coefficient (Wildman–Crippen LogP) is 2.41. The minimum absolute atomic E-state index is 0.0599. The van der Waals surface area contributed by atoms with E-state index in [9.17, 15) is 4.79 Å². The molecule has 1 fully saturated rings. The molecule has 0 spiro atoms. The lowest BCUT2D eigenvalue weighted by Crippen LogP contribution is -2.50. The molecule has 4 rings (SSSR count). The maximum Gasteiger partial charge on any atom is 0.265 e. The smallest absolute Gasteiger partial charge is 0.265 e. The number of benzene rings is 1. The molecule has 6 nitrogen and oxygen atoms in total. The molecule has 3 aromatic rings. The average molecular weight is 325 g/mol. The van der Waals surface area contributed by atoms with Crippen molar-refractivity contribution in [1.29, 1.82) is 0 Å². The third kappa shape index (κ3) is 2.53. The summed E-state index contributed by atoms with van der Waals surface area (Å²) >= 11 is 1.40. The maximum atomic E-state index is 12.4. The third-order valence-electron chi connectivity index (χ3n) is 4.04. The molecule has 0 unspecified atom stereocenters. The van der Waals surface area contributed by atoms with Gasteiger partial charge in [-0.2, -0.15) is 0 Å². The summed E-state index contributed by atoms with van der Waals surface area (Å²) in [6.07, 6.45) is 1.94. The van der Waals surface area contributed by atoms with Gasteiger partial charge in [0, 0.05) is 18.7 Å². The van der Waals surface area contributed by atoms with E-state index in [2.05, 4.69) is 15.3 Å². The molecule has 23 heavy (non-hydrogen) atoms. The second-order valence-electron chi connectivity index (χ2n) is 5.58. The number of aryl methyl sites for hydroxylation is 1. The number of carbonyl (C=O) groups excluding carboxylic acids is 1. The molecule has 1 aromatic carbocycles. The highest BCUT2D eigenvalue weighted by Gasteiger charge is 2.34. The van der Waals surface area contributed by atoms with E-state index in [1.807, 2.05) is 53.0 Å². The molecular formula is C16H15N5OS. The molecule has 2 aromatic heterocycles. The summed E-state index contributed by atoms with van der Waals surface area (Å²) in [5.74, 6) is 0.0599. The molecule has 3 heterocycles. The van der Waals surface area contributed by atoms with Crippen LogP contribution in [0.25, 0.3) is 11.3 Å². The third-order valence-corrected chi connectivity index (χ3v) is 4.96. The summed E-state index contributed by atoms with van der Waals surface area (Å²) in [6, 6.07) is 10.2. The SMILES string of the molecule is Cc1ncsc1C(=O)N1CC(n2cc(-c3ccccc3)nn2)C1.